The predicted molar refractivity (Wildman–Crippen MR) is 85.6 cm³/mol. The molecule has 6 nitrogen and oxygen atoms in total. The van der Waals surface area contributed by atoms with E-state index in [1.54, 1.807) is 19.1 Å². The van der Waals surface area contributed by atoms with Gasteiger partial charge in [0.15, 0.2) is 0 Å². The molecule has 0 aromatic carbocycles. The van der Waals surface area contributed by atoms with Crippen molar-refractivity contribution < 1.29 is 18.7 Å². The van der Waals surface area contributed by atoms with E-state index in [1.165, 1.54) is 18.2 Å². The standard InChI is InChI=1S/C17H18FN3O3/c1-11-9-13(24-12-5-7-23-8-6-12)10-14(19-11)17(22)21-16-4-2-3-15(18)20-16/h2-4,9-10,12H,5-8H2,1H3,(H,20,21,22). The van der Waals surface area contributed by atoms with Crippen LogP contribution in [0, 0.1) is 12.9 Å². The molecule has 1 saturated heterocycles. The molecule has 1 aliphatic rings. The van der Waals surface area contributed by atoms with E-state index in [-0.39, 0.29) is 17.6 Å². The molecule has 1 fully saturated rings. The van der Waals surface area contributed by atoms with E-state index in [1.807, 2.05) is 0 Å². The third kappa shape index (κ3) is 4.26. The molecule has 126 valence electrons. The summed E-state index contributed by atoms with van der Waals surface area (Å²) in [6.45, 7) is 3.13. The Balaban J connectivity index is 1.73. The molecule has 0 bridgehead atoms. The maximum absolute atomic E-state index is 13.1. The van der Waals surface area contributed by atoms with Crippen molar-refractivity contribution in [1.82, 2.24) is 9.97 Å². The SMILES string of the molecule is Cc1cc(OC2CCOCC2)cc(C(=O)Nc2cccc(F)n2)n1. The van der Waals surface area contributed by atoms with E-state index in [0.29, 0.717) is 24.7 Å². The number of carbonyl (C=O) groups excluding carboxylic acids is 1. The van der Waals surface area contributed by atoms with Crippen LogP contribution in [0.15, 0.2) is 30.3 Å². The zero-order valence-electron chi connectivity index (χ0n) is 13.3. The van der Waals surface area contributed by atoms with Crippen LogP contribution in [0.25, 0.3) is 0 Å². The second-order valence-corrected chi connectivity index (χ2v) is 5.56. The van der Waals surface area contributed by atoms with Crippen LogP contribution in [0.1, 0.15) is 29.0 Å². The van der Waals surface area contributed by atoms with Crippen molar-refractivity contribution in [1.29, 1.82) is 0 Å². The van der Waals surface area contributed by atoms with Crippen molar-refractivity contribution in [2.75, 3.05) is 18.5 Å². The molecule has 0 spiro atoms. The summed E-state index contributed by atoms with van der Waals surface area (Å²) in [4.78, 5) is 20.1. The lowest BCUT2D eigenvalue weighted by atomic mass is 10.1. The van der Waals surface area contributed by atoms with Crippen LogP contribution in [-0.2, 0) is 4.74 Å². The number of hydrogen-bond acceptors (Lipinski definition) is 5. The van der Waals surface area contributed by atoms with Crippen LogP contribution in [0.5, 0.6) is 5.75 Å². The van der Waals surface area contributed by atoms with Crippen molar-refractivity contribution in [3.8, 4) is 5.75 Å². The first-order chi connectivity index (χ1) is 11.6. The minimum Gasteiger partial charge on any atom is -0.490 e. The second kappa shape index (κ2) is 7.35. The third-order valence-electron chi connectivity index (χ3n) is 3.59. The van der Waals surface area contributed by atoms with Crippen molar-refractivity contribution >= 4 is 11.7 Å². The highest BCUT2D eigenvalue weighted by Gasteiger charge is 2.17. The first-order valence-corrected chi connectivity index (χ1v) is 7.77. The normalized spacial score (nSPS) is 15.1. The van der Waals surface area contributed by atoms with Crippen LogP contribution in [0.2, 0.25) is 0 Å². The Kier molecular flexibility index (Phi) is 5.00. The molecule has 0 aliphatic carbocycles. The Bertz CT molecular complexity index is 733. The third-order valence-corrected chi connectivity index (χ3v) is 3.59. The highest BCUT2D eigenvalue weighted by Crippen LogP contribution is 2.20. The van der Waals surface area contributed by atoms with Crippen molar-refractivity contribution in [2.45, 2.75) is 25.9 Å². The molecule has 2 aromatic heterocycles. The number of anilines is 1. The molecule has 7 heteroatoms. The Morgan fingerprint density at radius 2 is 2.08 bits per heavy atom. The smallest absolute Gasteiger partial charge is 0.275 e. The lowest BCUT2D eigenvalue weighted by molar-refractivity contribution is 0.0255. The number of carbonyl (C=O) groups is 1. The maximum Gasteiger partial charge on any atom is 0.275 e. The summed E-state index contributed by atoms with van der Waals surface area (Å²) in [5.41, 5.74) is 0.861. The maximum atomic E-state index is 13.1. The van der Waals surface area contributed by atoms with Crippen molar-refractivity contribution in [3.05, 3.63) is 47.7 Å². The minimum absolute atomic E-state index is 0.0707. The first-order valence-electron chi connectivity index (χ1n) is 7.77. The van der Waals surface area contributed by atoms with E-state index in [2.05, 4.69) is 15.3 Å². The molecule has 0 atom stereocenters. The van der Waals surface area contributed by atoms with E-state index in [9.17, 15) is 9.18 Å². The average Bonchev–Trinajstić information content (AvgIpc) is 2.55. The van der Waals surface area contributed by atoms with Gasteiger partial charge < -0.3 is 14.8 Å². The summed E-state index contributed by atoms with van der Waals surface area (Å²) in [6.07, 6.45) is 1.70. The molecule has 2 aromatic rings. The molecular weight excluding hydrogens is 313 g/mol. The predicted octanol–water partition coefficient (Wildman–Crippen LogP) is 2.73. The summed E-state index contributed by atoms with van der Waals surface area (Å²) < 4.78 is 24.3. The Morgan fingerprint density at radius 1 is 1.29 bits per heavy atom. The van der Waals surface area contributed by atoms with Gasteiger partial charge in [-0.2, -0.15) is 4.39 Å². The number of nitrogens with zero attached hydrogens (tertiary/aromatic N) is 2. The van der Waals surface area contributed by atoms with Crippen LogP contribution in [0.3, 0.4) is 0 Å². The van der Waals surface area contributed by atoms with Crippen LogP contribution in [0.4, 0.5) is 10.2 Å². The van der Waals surface area contributed by atoms with Gasteiger partial charge in [0.05, 0.1) is 13.2 Å². The largest absolute Gasteiger partial charge is 0.490 e. The topological polar surface area (TPSA) is 73.3 Å². The molecular formula is C17H18FN3O3. The van der Waals surface area contributed by atoms with Crippen LogP contribution < -0.4 is 10.1 Å². The summed E-state index contributed by atoms with van der Waals surface area (Å²) >= 11 is 0. The number of rotatable bonds is 4. The molecule has 0 unspecified atom stereocenters. The van der Waals surface area contributed by atoms with Crippen LogP contribution >= 0.6 is 0 Å². The van der Waals surface area contributed by atoms with Gasteiger partial charge in [0.25, 0.3) is 5.91 Å². The van der Waals surface area contributed by atoms with Gasteiger partial charge in [-0.3, -0.25) is 4.79 Å². The fourth-order valence-corrected chi connectivity index (χ4v) is 2.47. The fraction of sp³-hybridized carbons (Fsp3) is 0.353. The lowest BCUT2D eigenvalue weighted by Gasteiger charge is -2.23. The Hall–Kier alpha value is -2.54. The van der Waals surface area contributed by atoms with Gasteiger partial charge in [-0.25, -0.2) is 9.97 Å². The number of pyridine rings is 2. The average molecular weight is 331 g/mol. The van der Waals surface area contributed by atoms with Crippen LogP contribution in [-0.4, -0.2) is 35.2 Å². The molecule has 24 heavy (non-hydrogen) atoms. The van der Waals surface area contributed by atoms with Crippen molar-refractivity contribution in [3.63, 3.8) is 0 Å². The number of amides is 1. The van der Waals surface area contributed by atoms with Gasteiger partial charge in [-0.05, 0) is 19.1 Å². The fourth-order valence-electron chi connectivity index (χ4n) is 2.47. The highest BCUT2D eigenvalue weighted by molar-refractivity contribution is 6.02. The molecule has 3 heterocycles. The minimum atomic E-state index is -0.659. The first kappa shape index (κ1) is 16.3. The molecule has 1 amide bonds. The lowest BCUT2D eigenvalue weighted by Crippen LogP contribution is -2.26. The number of aryl methyl sites for hydroxylation is 1. The Labute approximate surface area is 139 Å². The number of nitrogens with one attached hydrogen (secondary N) is 1. The van der Waals surface area contributed by atoms with Gasteiger partial charge in [0.2, 0.25) is 5.95 Å². The molecule has 1 N–H and O–H groups in total. The summed E-state index contributed by atoms with van der Waals surface area (Å²) in [6, 6.07) is 7.56. The number of halogens is 1. The van der Waals surface area contributed by atoms with Gasteiger partial charge >= 0.3 is 0 Å². The summed E-state index contributed by atoms with van der Waals surface area (Å²) in [5.74, 6) is -0.399. The number of aromatic nitrogens is 2. The summed E-state index contributed by atoms with van der Waals surface area (Å²) in [5, 5.41) is 2.53. The number of hydrogen-bond donors (Lipinski definition) is 1. The van der Waals surface area contributed by atoms with Gasteiger partial charge in [-0.15, -0.1) is 0 Å². The second-order valence-electron chi connectivity index (χ2n) is 5.56. The van der Waals surface area contributed by atoms with Gasteiger partial charge in [-0.1, -0.05) is 6.07 Å². The monoisotopic (exact) mass is 331 g/mol. The molecule has 0 radical (unpaired) electrons. The van der Waals surface area contributed by atoms with Crippen molar-refractivity contribution in [2.24, 2.45) is 0 Å². The van der Waals surface area contributed by atoms with E-state index in [4.69, 9.17) is 9.47 Å². The molecule has 1 aliphatic heterocycles. The number of ether oxygens (including phenoxy) is 2. The van der Waals surface area contributed by atoms with Gasteiger partial charge in [0.1, 0.15) is 23.4 Å². The zero-order valence-corrected chi connectivity index (χ0v) is 13.3. The van der Waals surface area contributed by atoms with Gasteiger partial charge in [0, 0.05) is 30.7 Å². The van der Waals surface area contributed by atoms with E-state index in [0.717, 1.165) is 12.8 Å². The van der Waals surface area contributed by atoms with E-state index >= 15 is 0 Å². The quantitative estimate of drug-likeness (QED) is 0.872. The Morgan fingerprint density at radius 3 is 2.83 bits per heavy atom. The zero-order chi connectivity index (χ0) is 16.9. The highest BCUT2D eigenvalue weighted by atomic mass is 19.1. The molecule has 0 saturated carbocycles. The molecule has 3 rings (SSSR count). The van der Waals surface area contributed by atoms with E-state index < -0.39 is 11.9 Å². The summed E-state index contributed by atoms with van der Waals surface area (Å²) in [7, 11) is 0.